The van der Waals surface area contributed by atoms with Gasteiger partial charge in [-0.15, -0.1) is 0 Å². The quantitative estimate of drug-likeness (QED) is 0.435. The number of amides is 1. The average Bonchev–Trinajstić information content (AvgIpc) is 3.40. The Kier molecular flexibility index (Phi) is 5.20. The summed E-state index contributed by atoms with van der Waals surface area (Å²) >= 11 is 1.25. The highest BCUT2D eigenvalue weighted by Gasteiger charge is 2.34. The number of aromatic nitrogens is 1. The number of anilines is 1. The fraction of sp³-hybridized carbons (Fsp3) is 0.0400. The van der Waals surface area contributed by atoms with Crippen molar-refractivity contribution >= 4 is 50.5 Å². The van der Waals surface area contributed by atoms with Gasteiger partial charge in [0.25, 0.3) is 5.91 Å². The van der Waals surface area contributed by atoms with Crippen molar-refractivity contribution in [2.75, 3.05) is 12.0 Å². The number of hydrogen-bond acceptors (Lipinski definition) is 6. The van der Waals surface area contributed by atoms with Crippen LogP contribution >= 0.6 is 11.3 Å². The lowest BCUT2D eigenvalue weighted by Gasteiger charge is -2.14. The molecule has 0 atom stereocenters. The Morgan fingerprint density at radius 1 is 1.06 bits per heavy atom. The van der Waals surface area contributed by atoms with Gasteiger partial charge in [0.15, 0.2) is 5.13 Å². The monoisotopic (exact) mass is 455 g/mol. The van der Waals surface area contributed by atoms with Gasteiger partial charge in [-0.05, 0) is 42.0 Å². The summed E-state index contributed by atoms with van der Waals surface area (Å²) in [5.41, 5.74) is 2.65. The smallest absolute Gasteiger partial charge is 0.335 e. The second-order valence-electron chi connectivity index (χ2n) is 7.23. The zero-order valence-electron chi connectivity index (χ0n) is 17.4. The fourth-order valence-corrected chi connectivity index (χ4v) is 4.48. The Hall–Kier alpha value is -4.30. The van der Waals surface area contributed by atoms with Gasteiger partial charge in [0.05, 0.1) is 22.9 Å². The maximum Gasteiger partial charge on any atom is 0.335 e. The van der Waals surface area contributed by atoms with E-state index in [1.165, 1.54) is 22.3 Å². The molecule has 2 heterocycles. The molecule has 33 heavy (non-hydrogen) atoms. The summed E-state index contributed by atoms with van der Waals surface area (Å²) in [5, 5.41) is 9.72. The molecule has 1 amide bonds. The Bertz CT molecular complexity index is 1440. The average molecular weight is 455 g/mol. The number of carbonyl (C=O) groups is 2. The molecule has 1 aromatic heterocycles. The second kappa shape index (κ2) is 8.33. The highest BCUT2D eigenvalue weighted by Crippen LogP contribution is 2.34. The van der Waals surface area contributed by atoms with Crippen molar-refractivity contribution in [3.63, 3.8) is 0 Å². The first-order valence-electron chi connectivity index (χ1n) is 10.0. The molecule has 5 rings (SSSR count). The minimum Gasteiger partial charge on any atom is -0.497 e. The van der Waals surface area contributed by atoms with Crippen LogP contribution in [0.5, 0.6) is 5.75 Å². The van der Waals surface area contributed by atoms with Crippen molar-refractivity contribution in [2.24, 2.45) is 4.99 Å². The molecule has 7 nitrogen and oxygen atoms in total. The predicted molar refractivity (Wildman–Crippen MR) is 128 cm³/mol. The highest BCUT2D eigenvalue weighted by atomic mass is 32.1. The summed E-state index contributed by atoms with van der Waals surface area (Å²) < 4.78 is 5.87. The molecule has 0 spiro atoms. The molecule has 1 aliphatic heterocycles. The summed E-state index contributed by atoms with van der Waals surface area (Å²) in [4.78, 5) is 35.5. The first-order valence-corrected chi connectivity index (χ1v) is 10.8. The first kappa shape index (κ1) is 20.6. The highest BCUT2D eigenvalue weighted by molar-refractivity contribution is 7.22. The van der Waals surface area contributed by atoms with Crippen LogP contribution in [0.15, 0.2) is 83.5 Å². The van der Waals surface area contributed by atoms with Crippen LogP contribution in [0.2, 0.25) is 0 Å². The van der Waals surface area contributed by atoms with Crippen molar-refractivity contribution in [1.29, 1.82) is 0 Å². The zero-order chi connectivity index (χ0) is 22.9. The predicted octanol–water partition coefficient (Wildman–Crippen LogP) is 4.84. The zero-order valence-corrected chi connectivity index (χ0v) is 18.2. The number of rotatable bonds is 5. The number of fused-ring (bicyclic) bond motifs is 1. The van der Waals surface area contributed by atoms with E-state index in [-0.39, 0.29) is 17.2 Å². The molecule has 162 valence electrons. The molecule has 0 saturated heterocycles. The van der Waals surface area contributed by atoms with E-state index in [1.807, 2.05) is 54.6 Å². The second-order valence-corrected chi connectivity index (χ2v) is 8.24. The van der Waals surface area contributed by atoms with Crippen molar-refractivity contribution in [1.82, 2.24) is 4.98 Å². The number of thiazole rings is 1. The number of carbonyl (C=O) groups excluding carboxylic acids is 1. The maximum atomic E-state index is 13.5. The number of methoxy groups -OCH3 is 1. The molecule has 3 aromatic carbocycles. The number of amidine groups is 1. The summed E-state index contributed by atoms with van der Waals surface area (Å²) in [7, 11) is 1.60. The number of aromatic carboxylic acids is 1. The fourth-order valence-electron chi connectivity index (χ4n) is 3.47. The molecule has 1 N–H and O–H groups in total. The van der Waals surface area contributed by atoms with Crippen molar-refractivity contribution < 1.29 is 19.4 Å². The number of ether oxygens (including phenoxy) is 1. The lowest BCUT2D eigenvalue weighted by Crippen LogP contribution is -2.32. The van der Waals surface area contributed by atoms with Crippen LogP contribution in [-0.2, 0) is 4.79 Å². The Labute approximate surface area is 192 Å². The number of aliphatic imine (C=N–C) groups is 1. The van der Waals surface area contributed by atoms with Crippen LogP contribution in [0.3, 0.4) is 0 Å². The maximum absolute atomic E-state index is 13.5. The van der Waals surface area contributed by atoms with Gasteiger partial charge in [-0.2, -0.15) is 0 Å². The largest absolute Gasteiger partial charge is 0.497 e. The molecule has 0 fully saturated rings. The van der Waals surface area contributed by atoms with E-state index in [0.717, 1.165) is 16.9 Å². The van der Waals surface area contributed by atoms with Crippen molar-refractivity contribution in [3.8, 4) is 5.75 Å². The molecule has 0 aliphatic carbocycles. The standard InChI is InChI=1S/C25H17N3O4S/c1-32-18-10-7-15(8-11-18)13-20-23(29)28(22(26-20)16-5-3-2-4-6-16)25-27-19-12-9-17(24(30)31)14-21(19)33-25/h2-14H,1H3,(H,30,31)/b20-13+. The number of carboxylic acid groups (broad SMARTS) is 1. The van der Waals surface area contributed by atoms with Crippen LogP contribution in [0, 0.1) is 0 Å². The van der Waals surface area contributed by atoms with E-state index in [2.05, 4.69) is 9.98 Å². The van der Waals surface area contributed by atoms with E-state index in [4.69, 9.17) is 4.74 Å². The van der Waals surface area contributed by atoms with Crippen LogP contribution < -0.4 is 9.64 Å². The molecule has 1 aliphatic rings. The lowest BCUT2D eigenvalue weighted by atomic mass is 10.2. The third kappa shape index (κ3) is 3.88. The normalized spacial score (nSPS) is 14.7. The Morgan fingerprint density at radius 2 is 1.82 bits per heavy atom. The molecule has 0 unspecified atom stereocenters. The van der Waals surface area contributed by atoms with E-state index >= 15 is 0 Å². The SMILES string of the molecule is COc1ccc(/C=C2/N=C(c3ccccc3)N(c3nc4ccc(C(=O)O)cc4s3)C2=O)cc1. The van der Waals surface area contributed by atoms with E-state index in [1.54, 1.807) is 25.3 Å². The van der Waals surface area contributed by atoms with Crippen molar-refractivity contribution in [2.45, 2.75) is 0 Å². The first-order chi connectivity index (χ1) is 16.0. The molecular weight excluding hydrogens is 438 g/mol. The van der Waals surface area contributed by atoms with Crippen molar-refractivity contribution in [3.05, 3.63) is 95.2 Å². The third-order valence-electron chi connectivity index (χ3n) is 5.13. The number of hydrogen-bond donors (Lipinski definition) is 1. The molecule has 0 saturated carbocycles. The van der Waals surface area contributed by atoms with Crippen LogP contribution in [0.25, 0.3) is 16.3 Å². The van der Waals surface area contributed by atoms with E-state index in [9.17, 15) is 14.7 Å². The Morgan fingerprint density at radius 3 is 2.52 bits per heavy atom. The van der Waals surface area contributed by atoms with Gasteiger partial charge in [0, 0.05) is 5.56 Å². The van der Waals surface area contributed by atoms with Gasteiger partial charge in [-0.3, -0.25) is 4.79 Å². The summed E-state index contributed by atoms with van der Waals surface area (Å²) in [6.45, 7) is 0. The van der Waals surface area contributed by atoms with Crippen LogP contribution in [0.1, 0.15) is 21.5 Å². The van der Waals surface area contributed by atoms with Gasteiger partial charge in [0.2, 0.25) is 0 Å². The van der Waals surface area contributed by atoms with Gasteiger partial charge >= 0.3 is 5.97 Å². The molecule has 8 heteroatoms. The van der Waals surface area contributed by atoms with Crippen LogP contribution in [0.4, 0.5) is 5.13 Å². The van der Waals surface area contributed by atoms with Gasteiger partial charge in [-0.1, -0.05) is 53.8 Å². The van der Waals surface area contributed by atoms with Gasteiger partial charge < -0.3 is 9.84 Å². The Balaban J connectivity index is 1.60. The number of benzene rings is 3. The molecule has 0 radical (unpaired) electrons. The molecule has 4 aromatic rings. The third-order valence-corrected chi connectivity index (χ3v) is 6.13. The van der Waals surface area contributed by atoms with Gasteiger partial charge in [-0.25, -0.2) is 19.7 Å². The molecular formula is C25H17N3O4S. The molecule has 0 bridgehead atoms. The minimum absolute atomic E-state index is 0.169. The number of nitrogens with zero attached hydrogens (tertiary/aromatic N) is 3. The number of carboxylic acids is 1. The van der Waals surface area contributed by atoms with Gasteiger partial charge in [0.1, 0.15) is 17.3 Å². The summed E-state index contributed by atoms with van der Waals surface area (Å²) in [6, 6.07) is 21.5. The summed E-state index contributed by atoms with van der Waals surface area (Å²) in [5.74, 6) is -0.124. The van der Waals surface area contributed by atoms with E-state index in [0.29, 0.717) is 21.2 Å². The topological polar surface area (TPSA) is 92.1 Å². The summed E-state index contributed by atoms with van der Waals surface area (Å²) in [6.07, 6.45) is 1.72. The van der Waals surface area contributed by atoms with Crippen LogP contribution in [-0.4, -0.2) is 34.9 Å². The minimum atomic E-state index is -1.01. The lowest BCUT2D eigenvalue weighted by molar-refractivity contribution is -0.113. The van der Waals surface area contributed by atoms with E-state index < -0.39 is 5.97 Å².